The number of carbonyl (C=O) groups excluding carboxylic acids is 2. The minimum absolute atomic E-state index is 0.113. The van der Waals surface area contributed by atoms with Crippen LogP contribution in [0, 0.1) is 5.82 Å². The van der Waals surface area contributed by atoms with Crippen LogP contribution in [0.5, 0.6) is 0 Å². The van der Waals surface area contributed by atoms with Gasteiger partial charge in [0.25, 0.3) is 0 Å². The van der Waals surface area contributed by atoms with Gasteiger partial charge in [0.2, 0.25) is 0 Å². The van der Waals surface area contributed by atoms with E-state index in [1.54, 1.807) is 6.92 Å². The lowest BCUT2D eigenvalue weighted by Gasteiger charge is -2.27. The highest BCUT2D eigenvalue weighted by atomic mass is 35.5. The van der Waals surface area contributed by atoms with E-state index in [0.717, 1.165) is 49.2 Å². The highest BCUT2D eigenvalue weighted by molar-refractivity contribution is 8.14. The van der Waals surface area contributed by atoms with Crippen molar-refractivity contribution in [1.82, 2.24) is 10.4 Å². The number of halogens is 2. The Labute approximate surface area is 177 Å². The molecule has 0 aromatic heterocycles. The van der Waals surface area contributed by atoms with Gasteiger partial charge in [-0.05, 0) is 31.9 Å². The number of nitrogens with zero attached hydrogens (tertiary/aromatic N) is 1. The Balaban J connectivity index is 1.96. The molecule has 0 bridgehead atoms. The van der Waals surface area contributed by atoms with E-state index in [-0.39, 0.29) is 22.6 Å². The van der Waals surface area contributed by atoms with Crippen molar-refractivity contribution >= 4 is 52.2 Å². The molecule has 0 radical (unpaired) electrons. The molecule has 1 heterocycles. The van der Waals surface area contributed by atoms with E-state index >= 15 is 0 Å². The van der Waals surface area contributed by atoms with Gasteiger partial charge in [0.15, 0.2) is 0 Å². The van der Waals surface area contributed by atoms with Crippen LogP contribution >= 0.6 is 35.3 Å². The molecule has 1 aliphatic rings. The summed E-state index contributed by atoms with van der Waals surface area (Å²) in [6.07, 6.45) is 1.94. The number of esters is 1. The quantitative estimate of drug-likeness (QED) is 0.266. The van der Waals surface area contributed by atoms with Gasteiger partial charge in [-0.3, -0.25) is 14.6 Å². The third-order valence-corrected chi connectivity index (χ3v) is 6.05. The van der Waals surface area contributed by atoms with Gasteiger partial charge in [-0.25, -0.2) is 9.82 Å². The Morgan fingerprint density at radius 3 is 2.86 bits per heavy atom. The standard InChI is InChI=1S/C17H23ClFN3O4S2/c1-11(16(23)26-8-7-25-2)27-15-10-14(13(19)9-12(15)18)21-28-17(24)22-6-4-3-5-20-22/h9-11,20-21H,3-8H2,1-2H3. The summed E-state index contributed by atoms with van der Waals surface area (Å²) in [6.45, 7) is 3.49. The fourth-order valence-corrected chi connectivity index (χ4v) is 4.08. The molecule has 0 spiro atoms. The van der Waals surface area contributed by atoms with Gasteiger partial charge in [-0.15, -0.1) is 11.8 Å². The highest BCUT2D eigenvalue weighted by Gasteiger charge is 2.21. The Kier molecular flexibility index (Phi) is 9.66. The van der Waals surface area contributed by atoms with E-state index in [4.69, 9.17) is 21.1 Å². The molecule has 11 heteroatoms. The number of carbonyl (C=O) groups is 2. The molecule has 1 saturated heterocycles. The Bertz CT molecular complexity index is 693. The zero-order valence-electron chi connectivity index (χ0n) is 15.6. The lowest BCUT2D eigenvalue weighted by Crippen LogP contribution is -2.45. The van der Waals surface area contributed by atoms with Gasteiger partial charge < -0.3 is 14.2 Å². The zero-order valence-corrected chi connectivity index (χ0v) is 18.0. The van der Waals surface area contributed by atoms with Crippen molar-refractivity contribution in [2.45, 2.75) is 29.9 Å². The molecule has 1 atom stereocenters. The second-order valence-electron chi connectivity index (χ2n) is 5.92. The summed E-state index contributed by atoms with van der Waals surface area (Å²) in [5.74, 6) is -1.01. The zero-order chi connectivity index (χ0) is 20.5. The van der Waals surface area contributed by atoms with Gasteiger partial charge in [0.1, 0.15) is 17.7 Å². The van der Waals surface area contributed by atoms with Crippen molar-refractivity contribution in [3.8, 4) is 0 Å². The number of hydrazine groups is 1. The molecular formula is C17H23ClFN3O4S2. The fourth-order valence-electron chi connectivity index (χ4n) is 2.28. The van der Waals surface area contributed by atoms with E-state index in [9.17, 15) is 14.0 Å². The molecule has 1 fully saturated rings. The summed E-state index contributed by atoms with van der Waals surface area (Å²) in [6, 6.07) is 2.63. The Morgan fingerprint density at radius 2 is 2.18 bits per heavy atom. The van der Waals surface area contributed by atoms with Crippen LogP contribution in [-0.4, -0.2) is 54.9 Å². The summed E-state index contributed by atoms with van der Waals surface area (Å²) >= 11 is 8.04. The summed E-state index contributed by atoms with van der Waals surface area (Å²) in [5.41, 5.74) is 3.11. The topological polar surface area (TPSA) is 79.9 Å². The maximum atomic E-state index is 14.2. The average molecular weight is 452 g/mol. The number of amides is 1. The molecule has 0 saturated carbocycles. The number of nitrogens with one attached hydrogen (secondary N) is 2. The van der Waals surface area contributed by atoms with Crippen molar-refractivity contribution in [3.05, 3.63) is 23.0 Å². The highest BCUT2D eigenvalue weighted by Crippen LogP contribution is 2.35. The summed E-state index contributed by atoms with van der Waals surface area (Å²) in [5, 5.41) is 0.888. The van der Waals surface area contributed by atoms with Gasteiger partial charge in [0.05, 0.1) is 17.3 Å². The lowest BCUT2D eigenvalue weighted by atomic mass is 10.3. The van der Waals surface area contributed by atoms with Crippen molar-refractivity contribution in [1.29, 1.82) is 0 Å². The monoisotopic (exact) mass is 451 g/mol. The number of thioether (sulfide) groups is 1. The van der Waals surface area contributed by atoms with Crippen LogP contribution in [0.25, 0.3) is 0 Å². The van der Waals surface area contributed by atoms with E-state index in [1.807, 2.05) is 0 Å². The van der Waals surface area contributed by atoms with Crippen LogP contribution in [-0.2, 0) is 14.3 Å². The van der Waals surface area contributed by atoms with Crippen molar-refractivity contribution in [2.75, 3.05) is 38.1 Å². The largest absolute Gasteiger partial charge is 0.462 e. The Morgan fingerprint density at radius 1 is 1.39 bits per heavy atom. The van der Waals surface area contributed by atoms with Gasteiger partial charge in [-0.2, -0.15) is 0 Å². The normalized spacial score (nSPS) is 15.2. The van der Waals surface area contributed by atoms with Crippen LogP contribution < -0.4 is 10.1 Å². The first-order chi connectivity index (χ1) is 13.4. The molecule has 2 N–H and O–H groups in total. The average Bonchev–Trinajstić information content (AvgIpc) is 2.69. The number of rotatable bonds is 8. The van der Waals surface area contributed by atoms with Gasteiger partial charge in [0, 0.05) is 37.0 Å². The molecule has 2 rings (SSSR count). The van der Waals surface area contributed by atoms with Crippen molar-refractivity contribution < 1.29 is 23.5 Å². The van der Waals surface area contributed by atoms with Crippen LogP contribution in [0.15, 0.2) is 17.0 Å². The molecule has 1 unspecified atom stereocenters. The summed E-state index contributed by atoms with van der Waals surface area (Å²) in [4.78, 5) is 24.7. The molecule has 156 valence electrons. The summed E-state index contributed by atoms with van der Waals surface area (Å²) < 4.78 is 26.8. The minimum atomic E-state index is -0.587. The van der Waals surface area contributed by atoms with E-state index in [1.165, 1.54) is 18.2 Å². The first-order valence-corrected chi connectivity index (χ1v) is 10.8. The molecule has 1 aromatic rings. The van der Waals surface area contributed by atoms with Crippen LogP contribution in [0.3, 0.4) is 0 Å². The van der Waals surface area contributed by atoms with Gasteiger partial charge in [-0.1, -0.05) is 11.6 Å². The number of hydrogen-bond donors (Lipinski definition) is 2. The molecule has 0 aliphatic carbocycles. The molecule has 1 aromatic carbocycles. The first kappa shape index (κ1) is 23.1. The lowest BCUT2D eigenvalue weighted by molar-refractivity contribution is -0.143. The predicted octanol–water partition coefficient (Wildman–Crippen LogP) is 3.93. The number of hydrogen-bond acceptors (Lipinski definition) is 8. The third-order valence-electron chi connectivity index (χ3n) is 3.77. The predicted molar refractivity (Wildman–Crippen MR) is 110 cm³/mol. The maximum absolute atomic E-state index is 14.2. The third kappa shape index (κ3) is 7.00. The molecule has 1 amide bonds. The Hall–Kier alpha value is -1.20. The smallest absolute Gasteiger partial charge is 0.319 e. The number of methoxy groups -OCH3 is 1. The summed E-state index contributed by atoms with van der Waals surface area (Å²) in [7, 11) is 1.52. The molecular weight excluding hydrogens is 429 g/mol. The first-order valence-electron chi connectivity index (χ1n) is 8.71. The van der Waals surface area contributed by atoms with E-state index < -0.39 is 17.0 Å². The van der Waals surface area contributed by atoms with Crippen LogP contribution in [0.4, 0.5) is 14.9 Å². The second-order valence-corrected chi connectivity index (χ2v) is 8.47. The van der Waals surface area contributed by atoms with Crippen LogP contribution in [0.2, 0.25) is 5.02 Å². The van der Waals surface area contributed by atoms with Gasteiger partial charge >= 0.3 is 11.2 Å². The SMILES string of the molecule is COCCOC(=O)C(C)Sc1cc(NSC(=O)N2CCCCN2)c(F)cc1Cl. The number of benzene rings is 1. The fraction of sp³-hybridized carbons (Fsp3) is 0.529. The molecule has 28 heavy (non-hydrogen) atoms. The van der Waals surface area contributed by atoms with Crippen LogP contribution in [0.1, 0.15) is 19.8 Å². The van der Waals surface area contributed by atoms with Crippen molar-refractivity contribution in [3.63, 3.8) is 0 Å². The maximum Gasteiger partial charge on any atom is 0.319 e. The molecule has 1 aliphatic heterocycles. The van der Waals surface area contributed by atoms with E-state index in [0.29, 0.717) is 18.0 Å². The number of anilines is 1. The molecule has 7 nitrogen and oxygen atoms in total. The number of ether oxygens (including phenoxy) is 2. The second kappa shape index (κ2) is 11.7. The van der Waals surface area contributed by atoms with E-state index in [2.05, 4.69) is 10.1 Å². The minimum Gasteiger partial charge on any atom is -0.462 e. The van der Waals surface area contributed by atoms with Crippen molar-refractivity contribution in [2.24, 2.45) is 0 Å².